The quantitative estimate of drug-likeness (QED) is 0.724. The van der Waals surface area contributed by atoms with Gasteiger partial charge in [-0.2, -0.15) is 0 Å². The number of aromatic nitrogens is 2. The van der Waals surface area contributed by atoms with Crippen LogP contribution >= 0.6 is 0 Å². The van der Waals surface area contributed by atoms with Crippen LogP contribution in [0.4, 0.5) is 4.39 Å². The van der Waals surface area contributed by atoms with Crippen molar-refractivity contribution in [2.45, 2.75) is 13.3 Å². The zero-order chi connectivity index (χ0) is 10.1. The molecule has 2 aromatic rings. The smallest absolute Gasteiger partial charge is 0.139 e. The third kappa shape index (κ3) is 1.64. The summed E-state index contributed by atoms with van der Waals surface area (Å²) in [6.45, 7) is 1.50. The zero-order valence-corrected chi connectivity index (χ0v) is 7.70. The average molecular weight is 192 g/mol. The molecule has 0 atom stereocenters. The number of fused-ring (bicyclic) bond motifs is 1. The number of pyridine rings is 1. The number of hydrogen-bond donors (Lipinski definition) is 0. The molecule has 0 amide bonds. The molecule has 0 unspecified atom stereocenters. The van der Waals surface area contributed by atoms with Gasteiger partial charge < -0.3 is 4.40 Å². The second kappa shape index (κ2) is 3.21. The summed E-state index contributed by atoms with van der Waals surface area (Å²) in [5.41, 5.74) is 1.20. The second-order valence-corrected chi connectivity index (χ2v) is 3.22. The number of hydrogen-bond acceptors (Lipinski definition) is 2. The maximum atomic E-state index is 12.8. The molecule has 4 heteroatoms. The van der Waals surface area contributed by atoms with Crippen molar-refractivity contribution < 1.29 is 9.18 Å². The van der Waals surface area contributed by atoms with E-state index in [2.05, 4.69) is 4.98 Å². The van der Waals surface area contributed by atoms with Gasteiger partial charge in [0.05, 0.1) is 5.69 Å². The van der Waals surface area contributed by atoms with Crippen LogP contribution in [0.15, 0.2) is 24.5 Å². The number of rotatable bonds is 2. The Morgan fingerprint density at radius 3 is 3.14 bits per heavy atom. The molecule has 0 saturated heterocycles. The molecular formula is C10H9FN2O. The molecule has 2 heterocycles. The lowest BCUT2D eigenvalue weighted by Crippen LogP contribution is -1.95. The van der Waals surface area contributed by atoms with E-state index < -0.39 is 0 Å². The van der Waals surface area contributed by atoms with Gasteiger partial charge in [0.1, 0.15) is 17.2 Å². The fourth-order valence-corrected chi connectivity index (χ4v) is 1.35. The summed E-state index contributed by atoms with van der Waals surface area (Å²) >= 11 is 0. The molecule has 14 heavy (non-hydrogen) atoms. The number of carbonyl (C=O) groups excluding carboxylic acids is 1. The van der Waals surface area contributed by atoms with Gasteiger partial charge in [-0.1, -0.05) is 0 Å². The fourth-order valence-electron chi connectivity index (χ4n) is 1.35. The molecule has 0 spiro atoms. The van der Waals surface area contributed by atoms with Gasteiger partial charge in [0.25, 0.3) is 0 Å². The van der Waals surface area contributed by atoms with Crippen LogP contribution in [0, 0.1) is 5.82 Å². The Balaban J connectivity index is 2.46. The Bertz CT molecular complexity index is 490. The van der Waals surface area contributed by atoms with E-state index in [-0.39, 0.29) is 11.6 Å². The number of carbonyl (C=O) groups is 1. The van der Waals surface area contributed by atoms with Crippen molar-refractivity contribution in [2.75, 3.05) is 0 Å². The van der Waals surface area contributed by atoms with E-state index in [4.69, 9.17) is 0 Å². The van der Waals surface area contributed by atoms with E-state index in [0.717, 1.165) is 0 Å². The molecule has 3 nitrogen and oxygen atoms in total. The molecule has 72 valence electrons. The Hall–Kier alpha value is -1.71. The van der Waals surface area contributed by atoms with Gasteiger partial charge in [-0.05, 0) is 13.0 Å². The number of halogens is 1. The highest BCUT2D eigenvalue weighted by Crippen LogP contribution is 2.07. The molecule has 0 N–H and O–H groups in total. The predicted octanol–water partition coefficient (Wildman–Crippen LogP) is 1.60. The largest absolute Gasteiger partial charge is 0.307 e. The maximum Gasteiger partial charge on any atom is 0.139 e. The zero-order valence-electron chi connectivity index (χ0n) is 7.70. The van der Waals surface area contributed by atoms with E-state index in [1.54, 1.807) is 16.8 Å². The Kier molecular flexibility index (Phi) is 2.04. The molecule has 0 bridgehead atoms. The molecule has 0 saturated carbocycles. The van der Waals surface area contributed by atoms with Gasteiger partial charge in [-0.3, -0.25) is 4.79 Å². The summed E-state index contributed by atoms with van der Waals surface area (Å²) in [5.74, 6) is -0.272. The van der Waals surface area contributed by atoms with E-state index in [9.17, 15) is 9.18 Å². The molecule has 0 aliphatic heterocycles. The highest BCUT2D eigenvalue weighted by Gasteiger charge is 2.04. The SMILES string of the molecule is CC(=O)Cc1cn2ccc(F)cc2n1. The summed E-state index contributed by atoms with van der Waals surface area (Å²) in [4.78, 5) is 14.9. The Labute approximate surface area is 80.2 Å². The van der Waals surface area contributed by atoms with Crippen LogP contribution in [-0.2, 0) is 11.2 Å². The van der Waals surface area contributed by atoms with Crippen molar-refractivity contribution in [3.05, 3.63) is 36.0 Å². The number of Topliss-reactive ketones (excluding diaryl/α,β-unsaturated/α-hetero) is 1. The first-order chi connectivity index (χ1) is 6.65. The molecule has 0 aliphatic rings. The standard InChI is InChI=1S/C10H9FN2O/c1-7(14)4-9-6-13-3-2-8(11)5-10(13)12-9/h2-3,5-6H,4H2,1H3. The molecular weight excluding hydrogens is 183 g/mol. The molecule has 2 rings (SSSR count). The summed E-state index contributed by atoms with van der Waals surface area (Å²) in [5, 5.41) is 0. The van der Waals surface area contributed by atoms with Crippen molar-refractivity contribution in [3.8, 4) is 0 Å². The Morgan fingerprint density at radius 1 is 1.64 bits per heavy atom. The molecule has 2 aromatic heterocycles. The maximum absolute atomic E-state index is 12.8. The van der Waals surface area contributed by atoms with Crippen molar-refractivity contribution in [1.82, 2.24) is 9.38 Å². The van der Waals surface area contributed by atoms with Crippen LogP contribution in [0.2, 0.25) is 0 Å². The van der Waals surface area contributed by atoms with E-state index >= 15 is 0 Å². The van der Waals surface area contributed by atoms with Gasteiger partial charge in [-0.25, -0.2) is 9.37 Å². The minimum atomic E-state index is -0.322. The molecule has 0 aromatic carbocycles. The van der Waals surface area contributed by atoms with Crippen molar-refractivity contribution in [3.63, 3.8) is 0 Å². The first kappa shape index (κ1) is 8.87. The lowest BCUT2D eigenvalue weighted by molar-refractivity contribution is -0.116. The van der Waals surface area contributed by atoms with Gasteiger partial charge in [0.15, 0.2) is 0 Å². The van der Waals surface area contributed by atoms with Crippen LogP contribution in [0.25, 0.3) is 5.65 Å². The topological polar surface area (TPSA) is 34.4 Å². The third-order valence-corrected chi connectivity index (χ3v) is 1.90. The van der Waals surface area contributed by atoms with Crippen LogP contribution in [0.1, 0.15) is 12.6 Å². The summed E-state index contributed by atoms with van der Waals surface area (Å²) in [6, 6.07) is 2.69. The molecule has 0 fully saturated rings. The normalized spacial score (nSPS) is 10.7. The lowest BCUT2D eigenvalue weighted by Gasteiger charge is -1.90. The minimum absolute atomic E-state index is 0.0499. The van der Waals surface area contributed by atoms with Gasteiger partial charge >= 0.3 is 0 Å². The first-order valence-corrected chi connectivity index (χ1v) is 4.28. The number of ketones is 1. The minimum Gasteiger partial charge on any atom is -0.307 e. The van der Waals surface area contributed by atoms with E-state index in [0.29, 0.717) is 17.8 Å². The summed E-state index contributed by atoms with van der Waals surface area (Å²) in [7, 11) is 0. The van der Waals surface area contributed by atoms with Crippen LogP contribution in [0.5, 0.6) is 0 Å². The molecule has 0 aliphatic carbocycles. The fraction of sp³-hybridized carbons (Fsp3) is 0.200. The molecule has 0 radical (unpaired) electrons. The lowest BCUT2D eigenvalue weighted by atomic mass is 10.2. The third-order valence-electron chi connectivity index (χ3n) is 1.90. The van der Waals surface area contributed by atoms with Gasteiger partial charge in [0, 0.05) is 24.9 Å². The predicted molar refractivity (Wildman–Crippen MR) is 49.5 cm³/mol. The van der Waals surface area contributed by atoms with Crippen molar-refractivity contribution in [2.24, 2.45) is 0 Å². The van der Waals surface area contributed by atoms with Crippen molar-refractivity contribution >= 4 is 11.4 Å². The second-order valence-electron chi connectivity index (χ2n) is 3.22. The van der Waals surface area contributed by atoms with Gasteiger partial charge in [-0.15, -0.1) is 0 Å². The summed E-state index contributed by atoms with van der Waals surface area (Å²) < 4.78 is 14.5. The Morgan fingerprint density at radius 2 is 2.43 bits per heavy atom. The van der Waals surface area contributed by atoms with Crippen LogP contribution < -0.4 is 0 Å². The number of nitrogens with zero attached hydrogens (tertiary/aromatic N) is 2. The first-order valence-electron chi connectivity index (χ1n) is 4.28. The van der Waals surface area contributed by atoms with E-state index in [1.165, 1.54) is 19.1 Å². The average Bonchev–Trinajstić information content (AvgIpc) is 2.44. The van der Waals surface area contributed by atoms with Gasteiger partial charge in [0.2, 0.25) is 0 Å². The van der Waals surface area contributed by atoms with Crippen molar-refractivity contribution in [1.29, 1.82) is 0 Å². The highest BCUT2D eigenvalue weighted by atomic mass is 19.1. The summed E-state index contributed by atoms with van der Waals surface area (Å²) in [6.07, 6.45) is 3.61. The monoisotopic (exact) mass is 192 g/mol. The van der Waals surface area contributed by atoms with Crippen LogP contribution in [0.3, 0.4) is 0 Å². The highest BCUT2D eigenvalue weighted by molar-refractivity contribution is 5.77. The van der Waals surface area contributed by atoms with Crippen LogP contribution in [-0.4, -0.2) is 15.2 Å². The van der Waals surface area contributed by atoms with E-state index in [1.807, 2.05) is 0 Å². The number of imidazole rings is 1.